The van der Waals surface area contributed by atoms with Crippen molar-refractivity contribution in [1.29, 1.82) is 0 Å². The van der Waals surface area contributed by atoms with E-state index >= 15 is 0 Å². The first kappa shape index (κ1) is 15.0. The van der Waals surface area contributed by atoms with Crippen molar-refractivity contribution in [1.82, 2.24) is 4.90 Å². The molecule has 0 bridgehead atoms. The molecule has 0 aromatic heterocycles. The Morgan fingerprint density at radius 2 is 2.11 bits per heavy atom. The third-order valence-corrected chi connectivity index (χ3v) is 3.19. The van der Waals surface area contributed by atoms with Crippen molar-refractivity contribution in [3.8, 4) is 5.75 Å². The lowest BCUT2D eigenvalue weighted by atomic mass is 10.1. The zero-order valence-corrected chi connectivity index (χ0v) is 12.1. The molecule has 0 spiro atoms. The SMILES string of the molecule is COc1ccc(CN(C)CC(C)CCN)cc1C. The van der Waals surface area contributed by atoms with E-state index < -0.39 is 0 Å². The lowest BCUT2D eigenvalue weighted by molar-refractivity contribution is 0.273. The van der Waals surface area contributed by atoms with Gasteiger partial charge >= 0.3 is 0 Å². The number of methoxy groups -OCH3 is 1. The number of nitrogens with zero attached hydrogens (tertiary/aromatic N) is 1. The topological polar surface area (TPSA) is 38.5 Å². The van der Waals surface area contributed by atoms with Crippen molar-refractivity contribution < 1.29 is 4.74 Å². The molecule has 102 valence electrons. The lowest BCUT2D eigenvalue weighted by Gasteiger charge is -2.21. The molecule has 0 aliphatic heterocycles. The summed E-state index contributed by atoms with van der Waals surface area (Å²) in [6.45, 7) is 7.17. The molecule has 0 radical (unpaired) electrons. The summed E-state index contributed by atoms with van der Waals surface area (Å²) in [6.07, 6.45) is 1.09. The van der Waals surface area contributed by atoms with Crippen LogP contribution in [0.1, 0.15) is 24.5 Å². The molecule has 18 heavy (non-hydrogen) atoms. The minimum absolute atomic E-state index is 0.652. The Morgan fingerprint density at radius 1 is 1.39 bits per heavy atom. The average molecular weight is 250 g/mol. The molecular weight excluding hydrogens is 224 g/mol. The fourth-order valence-corrected chi connectivity index (χ4v) is 2.32. The quantitative estimate of drug-likeness (QED) is 0.807. The monoisotopic (exact) mass is 250 g/mol. The van der Waals surface area contributed by atoms with E-state index in [0.717, 1.165) is 31.8 Å². The first-order valence-electron chi connectivity index (χ1n) is 6.59. The van der Waals surface area contributed by atoms with Crippen molar-refractivity contribution in [2.45, 2.75) is 26.8 Å². The Labute approximate surface area is 111 Å². The van der Waals surface area contributed by atoms with Crippen LogP contribution in [-0.2, 0) is 6.54 Å². The van der Waals surface area contributed by atoms with Gasteiger partial charge in [-0.15, -0.1) is 0 Å². The normalized spacial score (nSPS) is 12.8. The Kier molecular flexibility index (Phi) is 6.16. The number of rotatable bonds is 7. The standard InChI is InChI=1S/C15H26N2O/c1-12(7-8-16)10-17(3)11-14-5-6-15(18-4)13(2)9-14/h5-6,9,12H,7-8,10-11,16H2,1-4H3. The number of ether oxygens (including phenoxy) is 1. The second kappa shape index (κ2) is 7.39. The smallest absolute Gasteiger partial charge is 0.121 e. The van der Waals surface area contributed by atoms with Crippen LogP contribution in [0.15, 0.2) is 18.2 Å². The third kappa shape index (κ3) is 4.67. The van der Waals surface area contributed by atoms with Gasteiger partial charge in [-0.05, 0) is 50.0 Å². The third-order valence-electron chi connectivity index (χ3n) is 3.19. The molecule has 0 aliphatic carbocycles. The van der Waals surface area contributed by atoms with Gasteiger partial charge in [0.25, 0.3) is 0 Å². The van der Waals surface area contributed by atoms with E-state index in [2.05, 4.69) is 37.9 Å². The molecule has 0 saturated carbocycles. The first-order chi connectivity index (χ1) is 8.56. The molecule has 0 aliphatic rings. The molecule has 1 unspecified atom stereocenters. The van der Waals surface area contributed by atoms with Crippen LogP contribution >= 0.6 is 0 Å². The van der Waals surface area contributed by atoms with Crippen molar-refractivity contribution >= 4 is 0 Å². The minimum Gasteiger partial charge on any atom is -0.496 e. The lowest BCUT2D eigenvalue weighted by Crippen LogP contribution is -2.25. The molecule has 1 aromatic rings. The molecule has 1 rings (SSSR count). The Bertz CT molecular complexity index is 366. The largest absolute Gasteiger partial charge is 0.496 e. The van der Waals surface area contributed by atoms with Gasteiger partial charge in [0.05, 0.1) is 7.11 Å². The second-order valence-corrected chi connectivity index (χ2v) is 5.18. The van der Waals surface area contributed by atoms with Crippen LogP contribution in [0.3, 0.4) is 0 Å². The first-order valence-corrected chi connectivity index (χ1v) is 6.59. The maximum atomic E-state index is 5.58. The van der Waals surface area contributed by atoms with Crippen LogP contribution in [0.25, 0.3) is 0 Å². The number of hydrogen-bond donors (Lipinski definition) is 1. The fourth-order valence-electron chi connectivity index (χ4n) is 2.32. The summed E-state index contributed by atoms with van der Waals surface area (Å²) in [5.74, 6) is 1.61. The van der Waals surface area contributed by atoms with Gasteiger partial charge in [0.1, 0.15) is 5.75 Å². The zero-order valence-electron chi connectivity index (χ0n) is 12.1. The predicted molar refractivity (Wildman–Crippen MR) is 76.9 cm³/mol. The van der Waals surface area contributed by atoms with Crippen LogP contribution in [0.2, 0.25) is 0 Å². The Balaban J connectivity index is 2.54. The number of hydrogen-bond acceptors (Lipinski definition) is 3. The molecule has 0 fully saturated rings. The summed E-state index contributed by atoms with van der Waals surface area (Å²) in [6, 6.07) is 6.38. The van der Waals surface area contributed by atoms with Crippen molar-refractivity contribution in [3.05, 3.63) is 29.3 Å². The molecule has 3 nitrogen and oxygen atoms in total. The van der Waals surface area contributed by atoms with E-state index in [1.165, 1.54) is 11.1 Å². The van der Waals surface area contributed by atoms with Gasteiger partial charge in [0.15, 0.2) is 0 Å². The predicted octanol–water partition coefficient (Wildman–Crippen LogP) is 2.42. The Hall–Kier alpha value is -1.06. The van der Waals surface area contributed by atoms with E-state index in [-0.39, 0.29) is 0 Å². The van der Waals surface area contributed by atoms with E-state index in [1.54, 1.807) is 7.11 Å². The maximum Gasteiger partial charge on any atom is 0.121 e. The van der Waals surface area contributed by atoms with Crippen molar-refractivity contribution in [2.75, 3.05) is 27.2 Å². The average Bonchev–Trinajstić information content (AvgIpc) is 2.29. The summed E-state index contributed by atoms with van der Waals surface area (Å²) in [7, 11) is 3.87. The highest BCUT2D eigenvalue weighted by molar-refractivity contribution is 5.36. The van der Waals surface area contributed by atoms with Gasteiger partial charge in [0.2, 0.25) is 0 Å². The molecule has 0 heterocycles. The molecule has 0 amide bonds. The van der Waals surface area contributed by atoms with Gasteiger partial charge < -0.3 is 15.4 Å². The van der Waals surface area contributed by atoms with Gasteiger partial charge in [-0.2, -0.15) is 0 Å². The molecule has 2 N–H and O–H groups in total. The molecule has 3 heteroatoms. The summed E-state index contributed by atoms with van der Waals surface area (Å²) >= 11 is 0. The van der Waals surface area contributed by atoms with Crippen LogP contribution < -0.4 is 10.5 Å². The van der Waals surface area contributed by atoms with Crippen molar-refractivity contribution in [3.63, 3.8) is 0 Å². The van der Waals surface area contributed by atoms with Crippen LogP contribution in [0.4, 0.5) is 0 Å². The number of nitrogens with two attached hydrogens (primary N) is 1. The summed E-state index contributed by atoms with van der Waals surface area (Å²) in [4.78, 5) is 2.35. The highest BCUT2D eigenvalue weighted by Crippen LogP contribution is 2.19. The van der Waals surface area contributed by atoms with Crippen molar-refractivity contribution in [2.24, 2.45) is 11.7 Å². The summed E-state index contributed by atoms with van der Waals surface area (Å²) < 4.78 is 5.27. The highest BCUT2D eigenvalue weighted by Gasteiger charge is 2.07. The number of aryl methyl sites for hydroxylation is 1. The van der Waals surface area contributed by atoms with Crippen LogP contribution in [0, 0.1) is 12.8 Å². The fraction of sp³-hybridized carbons (Fsp3) is 0.600. The van der Waals surface area contributed by atoms with E-state index in [4.69, 9.17) is 10.5 Å². The minimum atomic E-state index is 0.652. The molecule has 0 saturated heterocycles. The maximum absolute atomic E-state index is 5.58. The summed E-state index contributed by atoms with van der Waals surface area (Å²) in [5.41, 5.74) is 8.10. The van der Waals surface area contributed by atoms with Crippen LogP contribution in [0.5, 0.6) is 5.75 Å². The highest BCUT2D eigenvalue weighted by atomic mass is 16.5. The molecular formula is C15H26N2O. The zero-order chi connectivity index (χ0) is 13.5. The molecule has 1 atom stereocenters. The second-order valence-electron chi connectivity index (χ2n) is 5.18. The van der Waals surface area contributed by atoms with Gasteiger partial charge in [-0.1, -0.05) is 19.1 Å². The van der Waals surface area contributed by atoms with Gasteiger partial charge in [-0.25, -0.2) is 0 Å². The molecule has 1 aromatic carbocycles. The van der Waals surface area contributed by atoms with Crippen LogP contribution in [-0.4, -0.2) is 32.1 Å². The van der Waals surface area contributed by atoms with Gasteiger partial charge in [0, 0.05) is 13.1 Å². The number of benzene rings is 1. The Morgan fingerprint density at radius 3 is 2.67 bits per heavy atom. The van der Waals surface area contributed by atoms with E-state index in [0.29, 0.717) is 5.92 Å². The van der Waals surface area contributed by atoms with E-state index in [1.807, 2.05) is 6.07 Å². The van der Waals surface area contributed by atoms with Gasteiger partial charge in [-0.3, -0.25) is 0 Å². The van der Waals surface area contributed by atoms with E-state index in [9.17, 15) is 0 Å². The summed E-state index contributed by atoms with van der Waals surface area (Å²) in [5, 5.41) is 0.